The molecule has 1 aliphatic heterocycles. The summed E-state index contributed by atoms with van der Waals surface area (Å²) in [5.41, 5.74) is 1.36. The molecule has 7 heteroatoms. The van der Waals surface area contributed by atoms with Crippen molar-refractivity contribution in [2.45, 2.75) is 12.8 Å². The van der Waals surface area contributed by atoms with Gasteiger partial charge in [-0.2, -0.15) is 0 Å². The molecule has 2 heterocycles. The lowest BCUT2D eigenvalue weighted by Gasteiger charge is -2.16. The van der Waals surface area contributed by atoms with Gasteiger partial charge in [0.25, 0.3) is 5.91 Å². The van der Waals surface area contributed by atoms with Crippen LogP contribution >= 0.6 is 0 Å². The molecular weight excluding hydrogens is 312 g/mol. The molecule has 7 nitrogen and oxygen atoms in total. The molecule has 1 N–H and O–H groups in total. The molecule has 1 aromatic carbocycles. The van der Waals surface area contributed by atoms with Gasteiger partial charge in [-0.25, -0.2) is 4.79 Å². The quantitative estimate of drug-likeness (QED) is 0.850. The van der Waals surface area contributed by atoms with E-state index in [1.807, 2.05) is 0 Å². The first kappa shape index (κ1) is 15.8. The van der Waals surface area contributed by atoms with Crippen molar-refractivity contribution in [3.63, 3.8) is 0 Å². The standard InChI is InChI=1S/C17H16N2O5/c20-15(11-24-17(22)14-3-2-10-23-14)18-12-5-7-13(8-6-12)19-9-1-4-16(19)21/h2-3,5-8,10H,1,4,9,11H2,(H,18,20). The number of hydrogen-bond acceptors (Lipinski definition) is 5. The van der Waals surface area contributed by atoms with Crippen LogP contribution in [0.25, 0.3) is 0 Å². The molecule has 3 rings (SSSR count). The van der Waals surface area contributed by atoms with Crippen molar-refractivity contribution in [2.24, 2.45) is 0 Å². The van der Waals surface area contributed by atoms with Crippen LogP contribution in [-0.2, 0) is 14.3 Å². The molecule has 124 valence electrons. The number of nitrogens with one attached hydrogen (secondary N) is 1. The normalized spacial score (nSPS) is 13.8. The Morgan fingerprint density at radius 3 is 2.62 bits per heavy atom. The van der Waals surface area contributed by atoms with Gasteiger partial charge in [-0.15, -0.1) is 0 Å². The van der Waals surface area contributed by atoms with Crippen LogP contribution in [0, 0.1) is 0 Å². The SMILES string of the molecule is O=C(COC(=O)c1ccco1)Nc1ccc(N2CCCC2=O)cc1. The third-order valence-electron chi connectivity index (χ3n) is 3.59. The fourth-order valence-corrected chi connectivity index (χ4v) is 2.44. The highest BCUT2D eigenvalue weighted by molar-refractivity contribution is 5.97. The molecule has 0 atom stereocenters. The molecule has 1 saturated heterocycles. The van der Waals surface area contributed by atoms with Gasteiger partial charge in [0.15, 0.2) is 6.61 Å². The van der Waals surface area contributed by atoms with Gasteiger partial charge in [0.05, 0.1) is 6.26 Å². The maximum Gasteiger partial charge on any atom is 0.374 e. The van der Waals surface area contributed by atoms with E-state index < -0.39 is 18.5 Å². The van der Waals surface area contributed by atoms with Crippen LogP contribution in [0.4, 0.5) is 11.4 Å². The number of benzene rings is 1. The monoisotopic (exact) mass is 328 g/mol. The molecule has 0 unspecified atom stereocenters. The second-order valence-corrected chi connectivity index (χ2v) is 5.30. The third-order valence-corrected chi connectivity index (χ3v) is 3.59. The Bertz CT molecular complexity index is 737. The Labute approximate surface area is 138 Å². The van der Waals surface area contributed by atoms with E-state index in [0.29, 0.717) is 18.7 Å². The minimum Gasteiger partial charge on any atom is -0.457 e. The van der Waals surface area contributed by atoms with E-state index in [0.717, 1.165) is 12.1 Å². The van der Waals surface area contributed by atoms with E-state index in [1.165, 1.54) is 12.3 Å². The Hall–Kier alpha value is -3.09. The van der Waals surface area contributed by atoms with Crippen LogP contribution in [-0.4, -0.2) is 30.9 Å². The van der Waals surface area contributed by atoms with Crippen LogP contribution in [0.2, 0.25) is 0 Å². The molecule has 2 amide bonds. The number of furan rings is 1. The summed E-state index contributed by atoms with van der Waals surface area (Å²) >= 11 is 0. The van der Waals surface area contributed by atoms with E-state index in [1.54, 1.807) is 35.2 Å². The zero-order valence-corrected chi connectivity index (χ0v) is 12.9. The minimum atomic E-state index is -0.696. The minimum absolute atomic E-state index is 0.0439. The number of amides is 2. The summed E-state index contributed by atoms with van der Waals surface area (Å²) in [4.78, 5) is 36.8. The summed E-state index contributed by atoms with van der Waals surface area (Å²) in [6.07, 6.45) is 2.78. The molecule has 0 radical (unpaired) electrons. The van der Waals surface area contributed by atoms with Crippen LogP contribution in [0.5, 0.6) is 0 Å². The van der Waals surface area contributed by atoms with Gasteiger partial charge in [-0.3, -0.25) is 9.59 Å². The molecule has 24 heavy (non-hydrogen) atoms. The lowest BCUT2D eigenvalue weighted by Crippen LogP contribution is -2.23. The smallest absolute Gasteiger partial charge is 0.374 e. The van der Waals surface area contributed by atoms with Crippen LogP contribution < -0.4 is 10.2 Å². The molecular formula is C17H16N2O5. The average molecular weight is 328 g/mol. The second kappa shape index (κ2) is 6.99. The van der Waals surface area contributed by atoms with Crippen LogP contribution in [0.15, 0.2) is 47.1 Å². The number of anilines is 2. The van der Waals surface area contributed by atoms with Crippen molar-refractivity contribution >= 4 is 29.2 Å². The summed E-state index contributed by atoms with van der Waals surface area (Å²) in [6, 6.07) is 9.96. The van der Waals surface area contributed by atoms with Crippen molar-refractivity contribution < 1.29 is 23.5 Å². The Kier molecular flexibility index (Phi) is 4.60. The Balaban J connectivity index is 1.51. The highest BCUT2D eigenvalue weighted by atomic mass is 16.5. The predicted octanol–water partition coefficient (Wildman–Crippen LogP) is 2.20. The maximum absolute atomic E-state index is 11.8. The van der Waals surface area contributed by atoms with Gasteiger partial charge in [0.2, 0.25) is 11.7 Å². The zero-order valence-electron chi connectivity index (χ0n) is 12.9. The van der Waals surface area contributed by atoms with E-state index in [9.17, 15) is 14.4 Å². The van der Waals surface area contributed by atoms with Crippen molar-refractivity contribution in [3.8, 4) is 0 Å². The summed E-state index contributed by atoms with van der Waals surface area (Å²) in [7, 11) is 0. The van der Waals surface area contributed by atoms with E-state index in [-0.39, 0.29) is 11.7 Å². The highest BCUT2D eigenvalue weighted by Gasteiger charge is 2.21. The number of carbonyl (C=O) groups is 3. The molecule has 0 aliphatic carbocycles. The van der Waals surface area contributed by atoms with Crippen LogP contribution in [0.3, 0.4) is 0 Å². The van der Waals surface area contributed by atoms with E-state index in [2.05, 4.69) is 5.32 Å². The Morgan fingerprint density at radius 2 is 2.00 bits per heavy atom. The number of esters is 1. The number of hydrogen-bond donors (Lipinski definition) is 1. The Morgan fingerprint density at radius 1 is 1.21 bits per heavy atom. The maximum atomic E-state index is 11.8. The molecule has 1 fully saturated rings. The summed E-state index contributed by atoms with van der Waals surface area (Å²) in [5, 5.41) is 2.62. The molecule has 0 bridgehead atoms. The molecule has 1 aliphatic rings. The first-order valence-electron chi connectivity index (χ1n) is 7.54. The fraction of sp³-hybridized carbons (Fsp3) is 0.235. The predicted molar refractivity (Wildman–Crippen MR) is 85.6 cm³/mol. The summed E-state index contributed by atoms with van der Waals surface area (Å²) in [6.45, 7) is 0.305. The van der Waals surface area contributed by atoms with Gasteiger partial charge >= 0.3 is 5.97 Å². The lowest BCUT2D eigenvalue weighted by molar-refractivity contribution is -0.119. The fourth-order valence-electron chi connectivity index (χ4n) is 2.44. The van der Waals surface area contributed by atoms with E-state index in [4.69, 9.17) is 9.15 Å². The molecule has 2 aromatic rings. The molecule has 0 spiro atoms. The first-order chi connectivity index (χ1) is 11.6. The number of nitrogens with zero attached hydrogens (tertiary/aromatic N) is 1. The number of rotatable bonds is 5. The van der Waals surface area contributed by atoms with Crippen LogP contribution in [0.1, 0.15) is 23.4 Å². The van der Waals surface area contributed by atoms with Gasteiger partial charge in [0.1, 0.15) is 0 Å². The van der Waals surface area contributed by atoms with Gasteiger partial charge in [0, 0.05) is 24.3 Å². The second-order valence-electron chi connectivity index (χ2n) is 5.30. The first-order valence-corrected chi connectivity index (χ1v) is 7.54. The largest absolute Gasteiger partial charge is 0.457 e. The third kappa shape index (κ3) is 3.62. The van der Waals surface area contributed by atoms with E-state index >= 15 is 0 Å². The number of carbonyl (C=O) groups excluding carboxylic acids is 3. The molecule has 0 saturated carbocycles. The molecule has 1 aromatic heterocycles. The average Bonchev–Trinajstić information content (AvgIpc) is 3.25. The lowest BCUT2D eigenvalue weighted by atomic mass is 10.2. The van der Waals surface area contributed by atoms with Crippen molar-refractivity contribution in [2.75, 3.05) is 23.4 Å². The topological polar surface area (TPSA) is 88.8 Å². The van der Waals surface area contributed by atoms with Gasteiger partial charge < -0.3 is 19.4 Å². The zero-order chi connectivity index (χ0) is 16.9. The van der Waals surface area contributed by atoms with Crippen molar-refractivity contribution in [1.29, 1.82) is 0 Å². The van der Waals surface area contributed by atoms with Crippen molar-refractivity contribution in [3.05, 3.63) is 48.4 Å². The number of ether oxygens (including phenoxy) is 1. The van der Waals surface area contributed by atoms with Gasteiger partial charge in [-0.1, -0.05) is 0 Å². The highest BCUT2D eigenvalue weighted by Crippen LogP contribution is 2.22. The van der Waals surface area contributed by atoms with Gasteiger partial charge in [-0.05, 0) is 42.8 Å². The summed E-state index contributed by atoms with van der Waals surface area (Å²) < 4.78 is 9.72. The summed E-state index contributed by atoms with van der Waals surface area (Å²) in [5.74, 6) is -1.00. The van der Waals surface area contributed by atoms with Crippen molar-refractivity contribution in [1.82, 2.24) is 0 Å².